The number of carbonyl (C=O) groups is 1. The van der Waals surface area contributed by atoms with E-state index in [1.165, 1.54) is 0 Å². The molecule has 3 heteroatoms. The number of aliphatic hydroxyl groups is 1. The topological polar surface area (TPSA) is 49.3 Å². The van der Waals surface area contributed by atoms with Gasteiger partial charge in [0.2, 0.25) is 5.91 Å². The van der Waals surface area contributed by atoms with Crippen LogP contribution in [0.3, 0.4) is 0 Å². The van der Waals surface area contributed by atoms with Crippen LogP contribution >= 0.6 is 0 Å². The van der Waals surface area contributed by atoms with E-state index in [9.17, 15) is 9.90 Å². The van der Waals surface area contributed by atoms with Crippen LogP contribution in [0.15, 0.2) is 30.3 Å². The van der Waals surface area contributed by atoms with Gasteiger partial charge >= 0.3 is 0 Å². The number of hydrogen-bond acceptors (Lipinski definition) is 2. The van der Waals surface area contributed by atoms with Crippen LogP contribution in [-0.2, 0) is 4.79 Å². The molecular weight excluding hydrogens is 214 g/mol. The monoisotopic (exact) mass is 233 g/mol. The van der Waals surface area contributed by atoms with Gasteiger partial charge in [0, 0.05) is 5.69 Å². The van der Waals surface area contributed by atoms with Crippen molar-refractivity contribution in [3.63, 3.8) is 0 Å². The van der Waals surface area contributed by atoms with E-state index in [2.05, 4.69) is 5.32 Å². The van der Waals surface area contributed by atoms with E-state index < -0.39 is 11.5 Å². The van der Waals surface area contributed by atoms with Gasteiger partial charge in [-0.3, -0.25) is 4.79 Å². The molecule has 0 heterocycles. The Kier molecular flexibility index (Phi) is 3.48. The molecule has 0 radical (unpaired) electrons. The van der Waals surface area contributed by atoms with E-state index in [0.717, 1.165) is 31.4 Å². The third kappa shape index (κ3) is 2.50. The highest BCUT2D eigenvalue weighted by molar-refractivity contribution is 5.95. The Morgan fingerprint density at radius 1 is 1.35 bits per heavy atom. The second-order valence-electron chi connectivity index (χ2n) is 5.00. The molecular formula is C14H19NO2. The molecule has 1 aromatic rings. The van der Waals surface area contributed by atoms with Crippen LogP contribution < -0.4 is 5.32 Å². The van der Waals surface area contributed by atoms with E-state index in [-0.39, 0.29) is 5.91 Å². The van der Waals surface area contributed by atoms with Gasteiger partial charge in [-0.2, -0.15) is 0 Å². The van der Waals surface area contributed by atoms with Gasteiger partial charge in [-0.15, -0.1) is 0 Å². The average molecular weight is 233 g/mol. The van der Waals surface area contributed by atoms with E-state index in [1.54, 1.807) is 0 Å². The number of amides is 1. The number of nitrogens with one attached hydrogen (secondary N) is 1. The van der Waals surface area contributed by atoms with Crippen LogP contribution in [0.4, 0.5) is 5.69 Å². The average Bonchev–Trinajstić information content (AvgIpc) is 2.34. The van der Waals surface area contributed by atoms with Gasteiger partial charge in [0.1, 0.15) is 0 Å². The fourth-order valence-corrected chi connectivity index (χ4v) is 2.38. The third-order valence-corrected chi connectivity index (χ3v) is 3.71. The van der Waals surface area contributed by atoms with Crippen molar-refractivity contribution >= 4 is 11.6 Å². The molecule has 1 aliphatic rings. The summed E-state index contributed by atoms with van der Waals surface area (Å²) in [6, 6.07) is 9.39. The van der Waals surface area contributed by atoms with Crippen LogP contribution in [0.25, 0.3) is 0 Å². The summed E-state index contributed by atoms with van der Waals surface area (Å²) in [6.45, 7) is 1.86. The Balaban J connectivity index is 2.09. The van der Waals surface area contributed by atoms with Gasteiger partial charge in [-0.05, 0) is 31.9 Å². The lowest BCUT2D eigenvalue weighted by atomic mass is 9.72. The molecule has 1 saturated carbocycles. The largest absolute Gasteiger partial charge is 0.392 e. The number of benzene rings is 1. The van der Waals surface area contributed by atoms with E-state index in [1.807, 2.05) is 37.3 Å². The molecule has 0 aromatic heterocycles. The van der Waals surface area contributed by atoms with Crippen molar-refractivity contribution in [1.29, 1.82) is 0 Å². The molecule has 2 rings (SSSR count). The highest BCUT2D eigenvalue weighted by atomic mass is 16.3. The van der Waals surface area contributed by atoms with E-state index >= 15 is 0 Å². The maximum atomic E-state index is 12.2. The Morgan fingerprint density at radius 2 is 2.06 bits per heavy atom. The first kappa shape index (κ1) is 12.1. The Labute approximate surface area is 102 Å². The Bertz CT molecular complexity index is 390. The van der Waals surface area contributed by atoms with Crippen LogP contribution in [0, 0.1) is 5.41 Å². The normalized spacial score (nSPS) is 28.7. The molecule has 17 heavy (non-hydrogen) atoms. The minimum atomic E-state index is -0.645. The number of hydrogen-bond donors (Lipinski definition) is 2. The number of carbonyl (C=O) groups excluding carboxylic acids is 1. The van der Waals surface area contributed by atoms with Gasteiger partial charge in [0.05, 0.1) is 11.5 Å². The molecule has 0 bridgehead atoms. The fourth-order valence-electron chi connectivity index (χ4n) is 2.38. The third-order valence-electron chi connectivity index (χ3n) is 3.71. The fraction of sp³-hybridized carbons (Fsp3) is 0.500. The van der Waals surface area contributed by atoms with E-state index in [0.29, 0.717) is 0 Å². The molecule has 0 saturated heterocycles. The number of aliphatic hydroxyl groups excluding tert-OH is 1. The molecule has 0 spiro atoms. The SMILES string of the molecule is CC1(C(=O)Nc2ccccc2)CCCCC1O. The summed E-state index contributed by atoms with van der Waals surface area (Å²) >= 11 is 0. The van der Waals surface area contributed by atoms with Crippen molar-refractivity contribution in [3.8, 4) is 0 Å². The molecule has 1 aromatic carbocycles. The summed E-state index contributed by atoms with van der Waals surface area (Å²) in [6.07, 6.45) is 2.97. The molecule has 1 amide bonds. The van der Waals surface area contributed by atoms with Gasteiger partial charge in [0.15, 0.2) is 0 Å². The summed E-state index contributed by atoms with van der Waals surface area (Å²) in [5.41, 5.74) is 0.144. The van der Waals surface area contributed by atoms with Crippen molar-refractivity contribution in [3.05, 3.63) is 30.3 Å². The number of rotatable bonds is 2. The second kappa shape index (κ2) is 4.88. The van der Waals surface area contributed by atoms with Gasteiger partial charge in [-0.1, -0.05) is 31.0 Å². The summed E-state index contributed by atoms with van der Waals surface area (Å²) in [4.78, 5) is 12.2. The van der Waals surface area contributed by atoms with Crippen molar-refractivity contribution in [1.82, 2.24) is 0 Å². The van der Waals surface area contributed by atoms with Gasteiger partial charge < -0.3 is 10.4 Å². The zero-order valence-electron chi connectivity index (χ0n) is 10.1. The summed E-state index contributed by atoms with van der Waals surface area (Å²) < 4.78 is 0. The van der Waals surface area contributed by atoms with Crippen LogP contribution in [-0.4, -0.2) is 17.1 Å². The standard InChI is InChI=1S/C14H19NO2/c1-14(10-6-5-9-12(14)16)13(17)15-11-7-3-2-4-8-11/h2-4,7-8,12,16H,5-6,9-10H2,1H3,(H,15,17). The smallest absolute Gasteiger partial charge is 0.232 e. The highest BCUT2D eigenvalue weighted by Crippen LogP contribution is 2.37. The van der Waals surface area contributed by atoms with Crippen molar-refractivity contribution < 1.29 is 9.90 Å². The van der Waals surface area contributed by atoms with Crippen molar-refractivity contribution in [2.75, 3.05) is 5.32 Å². The molecule has 92 valence electrons. The maximum absolute atomic E-state index is 12.2. The number of anilines is 1. The first-order valence-electron chi connectivity index (χ1n) is 6.17. The van der Waals surface area contributed by atoms with Gasteiger partial charge in [-0.25, -0.2) is 0 Å². The first-order chi connectivity index (χ1) is 8.13. The minimum absolute atomic E-state index is 0.0732. The maximum Gasteiger partial charge on any atom is 0.232 e. The predicted octanol–water partition coefficient (Wildman–Crippen LogP) is 2.57. The predicted molar refractivity (Wildman–Crippen MR) is 67.7 cm³/mol. The van der Waals surface area contributed by atoms with Crippen LogP contribution in [0.5, 0.6) is 0 Å². The molecule has 2 N–H and O–H groups in total. The molecule has 1 aliphatic carbocycles. The Morgan fingerprint density at radius 3 is 2.71 bits per heavy atom. The lowest BCUT2D eigenvalue weighted by Crippen LogP contribution is -2.45. The molecule has 2 unspecified atom stereocenters. The van der Waals surface area contributed by atoms with Crippen molar-refractivity contribution in [2.45, 2.75) is 38.7 Å². The van der Waals surface area contributed by atoms with E-state index in [4.69, 9.17) is 0 Å². The first-order valence-corrected chi connectivity index (χ1v) is 6.17. The lowest BCUT2D eigenvalue weighted by Gasteiger charge is -2.36. The summed E-state index contributed by atoms with van der Waals surface area (Å²) in [5.74, 6) is -0.0732. The highest BCUT2D eigenvalue weighted by Gasteiger charge is 2.41. The van der Waals surface area contributed by atoms with Gasteiger partial charge in [0.25, 0.3) is 0 Å². The molecule has 1 fully saturated rings. The molecule has 3 nitrogen and oxygen atoms in total. The number of para-hydroxylation sites is 1. The quantitative estimate of drug-likeness (QED) is 0.824. The van der Waals surface area contributed by atoms with Crippen molar-refractivity contribution in [2.24, 2.45) is 5.41 Å². The molecule has 2 atom stereocenters. The zero-order chi connectivity index (χ0) is 12.3. The lowest BCUT2D eigenvalue weighted by molar-refractivity contribution is -0.134. The summed E-state index contributed by atoms with van der Waals surface area (Å²) in [5, 5.41) is 12.9. The molecule has 0 aliphatic heterocycles. The second-order valence-corrected chi connectivity index (χ2v) is 5.00. The van der Waals surface area contributed by atoms with Crippen LogP contribution in [0.2, 0.25) is 0 Å². The summed E-state index contributed by atoms with van der Waals surface area (Å²) in [7, 11) is 0. The zero-order valence-corrected chi connectivity index (χ0v) is 10.1. The Hall–Kier alpha value is -1.35. The van der Waals surface area contributed by atoms with Crippen LogP contribution in [0.1, 0.15) is 32.6 Å². The minimum Gasteiger partial charge on any atom is -0.392 e.